The van der Waals surface area contributed by atoms with Crippen molar-refractivity contribution in [1.29, 1.82) is 0 Å². The van der Waals surface area contributed by atoms with E-state index in [4.69, 9.17) is 19.2 Å². The van der Waals surface area contributed by atoms with E-state index in [2.05, 4.69) is 81.5 Å². The van der Waals surface area contributed by atoms with Crippen molar-refractivity contribution in [2.45, 2.75) is 143 Å². The molecule has 17 heteroatoms. The van der Waals surface area contributed by atoms with Crippen LogP contribution in [0.4, 0.5) is 5.69 Å². The molecule has 4 aromatic rings. The molecule has 5 aliphatic rings. The van der Waals surface area contributed by atoms with Gasteiger partial charge in [-0.1, -0.05) is 46.8 Å². The molecule has 8 bridgehead atoms. The summed E-state index contributed by atoms with van der Waals surface area (Å²) in [5.41, 5.74) is 11.3. The number of likely N-dealkylation sites (N-methyl/N-ethyl adjacent to an activating group) is 1. The number of methoxy groups -OCH3 is 1. The standard InChI is InChI=1S/C58H79N9O8/c1-11-66-49-17-14-39-29-44(49)46(53(66)45-30-42(32-59-51(45)36(5)73-10)65-22-20-64(21-23-65)41-15-16-41)31-58(7,8)33-75-57(72)47-13-12-19-67(62-47)55(70)48-27-38-25-40(39)28-43(26-38)74-24-18-35(4)50(60-37(6)68)56(71)63(9)52(34(2)3)54(69)61-48/h14,17,25-26,28-30,32,34-36,41,47-48,50,52,62H,11-13,15-16,18-24,27,31,33H2,1-10H3,(H,60,68)(H,61,69)/t35?,36-,47-,48-,50-,52-/m0/s1. The number of cyclic esters (lactones) is 1. The Hall–Kier alpha value is -6.04. The molecule has 17 nitrogen and oxygen atoms in total. The Morgan fingerprint density at radius 3 is 2.37 bits per heavy atom. The number of hydrazine groups is 1. The molecule has 75 heavy (non-hydrogen) atoms. The van der Waals surface area contributed by atoms with Crippen molar-refractivity contribution >= 4 is 46.2 Å². The molecule has 404 valence electrons. The normalized spacial score (nSPS) is 24.8. The summed E-state index contributed by atoms with van der Waals surface area (Å²) in [4.78, 5) is 82.5. The molecule has 3 fully saturated rings. The van der Waals surface area contributed by atoms with Crippen LogP contribution in [-0.2, 0) is 52.8 Å². The van der Waals surface area contributed by atoms with Gasteiger partial charge in [-0.3, -0.25) is 38.9 Å². The number of ether oxygens (including phenoxy) is 3. The lowest BCUT2D eigenvalue weighted by atomic mass is 9.84. The lowest BCUT2D eigenvalue weighted by Crippen LogP contribution is -2.63. The number of aryl methyl sites for hydroxylation is 1. The Morgan fingerprint density at radius 2 is 1.68 bits per heavy atom. The summed E-state index contributed by atoms with van der Waals surface area (Å²) in [7, 11) is 3.29. The molecule has 6 heterocycles. The molecule has 6 atom stereocenters. The first kappa shape index (κ1) is 53.8. The predicted molar refractivity (Wildman–Crippen MR) is 289 cm³/mol. The summed E-state index contributed by atoms with van der Waals surface area (Å²) in [6.45, 7) is 20.7. The van der Waals surface area contributed by atoms with Crippen LogP contribution in [0.2, 0.25) is 0 Å². The number of nitrogens with one attached hydrogen (secondary N) is 3. The highest BCUT2D eigenvalue weighted by molar-refractivity contribution is 5.97. The number of carbonyl (C=O) groups is 5. The van der Waals surface area contributed by atoms with Gasteiger partial charge in [-0.2, -0.15) is 0 Å². The van der Waals surface area contributed by atoms with Gasteiger partial charge in [-0.05, 0) is 117 Å². The molecule has 1 aliphatic carbocycles. The minimum Gasteiger partial charge on any atom is -0.494 e. The minimum atomic E-state index is -1.12. The molecule has 1 saturated carbocycles. The molecule has 9 rings (SSSR count). The maximum absolute atomic E-state index is 15.0. The summed E-state index contributed by atoms with van der Waals surface area (Å²) in [5, 5.41) is 8.41. The maximum Gasteiger partial charge on any atom is 0.324 e. The van der Waals surface area contributed by atoms with Crippen LogP contribution in [0, 0.1) is 17.3 Å². The van der Waals surface area contributed by atoms with E-state index >= 15 is 0 Å². The third kappa shape index (κ3) is 11.6. The fourth-order valence-electron chi connectivity index (χ4n) is 11.9. The molecule has 2 aromatic heterocycles. The zero-order valence-corrected chi connectivity index (χ0v) is 45.8. The molecular formula is C58H79N9O8. The first-order valence-corrected chi connectivity index (χ1v) is 27.4. The van der Waals surface area contributed by atoms with Crippen molar-refractivity contribution in [2.24, 2.45) is 17.3 Å². The molecule has 4 amide bonds. The summed E-state index contributed by atoms with van der Waals surface area (Å²) in [6, 6.07) is 11.7. The zero-order chi connectivity index (χ0) is 53.5. The van der Waals surface area contributed by atoms with Gasteiger partial charge in [0.2, 0.25) is 17.7 Å². The average Bonchev–Trinajstić information content (AvgIpc) is 4.22. The lowest BCUT2D eigenvalue weighted by Gasteiger charge is -2.37. The fourth-order valence-corrected chi connectivity index (χ4v) is 11.9. The van der Waals surface area contributed by atoms with E-state index < -0.39 is 53.3 Å². The molecular weight excluding hydrogens is 951 g/mol. The number of anilines is 1. The smallest absolute Gasteiger partial charge is 0.324 e. The van der Waals surface area contributed by atoms with Gasteiger partial charge >= 0.3 is 5.97 Å². The van der Waals surface area contributed by atoms with Crippen LogP contribution in [0.1, 0.15) is 110 Å². The quantitative estimate of drug-likeness (QED) is 0.165. The van der Waals surface area contributed by atoms with Gasteiger partial charge in [0.1, 0.15) is 29.9 Å². The SMILES string of the molecule is CCn1c(-c2cc(N3CCN(C4CC4)CC3)cnc2[C@H](C)OC)c2c3cc(ccc31)-c1cc3cc(c1)OCCC(C)[C@H](NC(C)=O)C(=O)N(C)[C@@H](C(C)C)C(=O)N[C@@H](C3)C(=O)N1CCC[C@H](N1)C(=O)OCC(C)(C)C2. The van der Waals surface area contributed by atoms with Gasteiger partial charge in [-0.25, -0.2) is 5.43 Å². The molecule has 2 aromatic carbocycles. The number of piperazine rings is 1. The largest absolute Gasteiger partial charge is 0.494 e. The summed E-state index contributed by atoms with van der Waals surface area (Å²) >= 11 is 0. The highest BCUT2D eigenvalue weighted by Gasteiger charge is 2.40. The first-order chi connectivity index (χ1) is 35.8. The summed E-state index contributed by atoms with van der Waals surface area (Å²) in [6.07, 6.45) is 6.30. The molecule has 0 spiro atoms. The third-order valence-electron chi connectivity index (χ3n) is 16.2. The van der Waals surface area contributed by atoms with Crippen LogP contribution < -0.4 is 25.7 Å². The Kier molecular flexibility index (Phi) is 16.0. The number of hydrogen-bond donors (Lipinski definition) is 3. The molecule has 0 radical (unpaired) electrons. The number of benzene rings is 2. The topological polar surface area (TPSA) is 180 Å². The van der Waals surface area contributed by atoms with Crippen molar-refractivity contribution in [3.05, 3.63) is 65.5 Å². The van der Waals surface area contributed by atoms with Crippen molar-refractivity contribution in [2.75, 3.05) is 65.0 Å². The van der Waals surface area contributed by atoms with Crippen molar-refractivity contribution in [3.63, 3.8) is 0 Å². The molecule has 4 aliphatic heterocycles. The third-order valence-corrected chi connectivity index (χ3v) is 16.2. The van der Waals surface area contributed by atoms with E-state index in [-0.39, 0.29) is 43.5 Å². The van der Waals surface area contributed by atoms with Gasteiger partial charge in [0, 0.05) is 94.7 Å². The average molecular weight is 1030 g/mol. The second-order valence-electron chi connectivity index (χ2n) is 22.9. The zero-order valence-electron chi connectivity index (χ0n) is 45.8. The van der Waals surface area contributed by atoms with Crippen molar-refractivity contribution in [3.8, 4) is 28.1 Å². The fraction of sp³-hybridized carbons (Fsp3) is 0.586. The Balaban J connectivity index is 1.22. The number of rotatable bonds is 8. The van der Waals surface area contributed by atoms with Crippen LogP contribution in [-0.4, -0.2) is 144 Å². The molecule has 1 unspecified atom stereocenters. The number of pyridine rings is 1. The van der Waals surface area contributed by atoms with Crippen molar-refractivity contribution in [1.82, 2.24) is 40.4 Å². The van der Waals surface area contributed by atoms with Crippen molar-refractivity contribution < 1.29 is 38.2 Å². The van der Waals surface area contributed by atoms with Crippen LogP contribution >= 0.6 is 0 Å². The number of esters is 1. The van der Waals surface area contributed by atoms with E-state index in [9.17, 15) is 24.0 Å². The maximum atomic E-state index is 15.0. The van der Waals surface area contributed by atoms with Crippen LogP contribution in [0.25, 0.3) is 33.3 Å². The van der Waals surface area contributed by atoms with E-state index in [1.165, 1.54) is 29.7 Å². The molecule has 3 N–H and O–H groups in total. The van der Waals surface area contributed by atoms with Gasteiger partial charge < -0.3 is 39.2 Å². The van der Waals surface area contributed by atoms with Crippen LogP contribution in [0.15, 0.2) is 48.7 Å². The second-order valence-corrected chi connectivity index (χ2v) is 22.9. The number of aromatic nitrogens is 2. The Labute approximate surface area is 442 Å². The number of amides is 4. The van der Waals surface area contributed by atoms with Crippen LogP contribution in [0.5, 0.6) is 5.75 Å². The first-order valence-electron chi connectivity index (χ1n) is 27.4. The monoisotopic (exact) mass is 1030 g/mol. The lowest BCUT2D eigenvalue weighted by molar-refractivity contribution is -0.155. The van der Waals surface area contributed by atoms with E-state index in [1.54, 1.807) is 14.2 Å². The number of nitrogens with zero attached hydrogens (tertiary/aromatic N) is 6. The van der Waals surface area contributed by atoms with Gasteiger partial charge in [0.05, 0.1) is 42.6 Å². The summed E-state index contributed by atoms with van der Waals surface area (Å²) in [5.74, 6) is -2.36. The summed E-state index contributed by atoms with van der Waals surface area (Å²) < 4.78 is 21.3. The van der Waals surface area contributed by atoms with Gasteiger partial charge in [0.15, 0.2) is 0 Å². The highest BCUT2D eigenvalue weighted by atomic mass is 16.5. The van der Waals surface area contributed by atoms with E-state index in [0.29, 0.717) is 44.5 Å². The number of hydrogen-bond acceptors (Lipinski definition) is 12. The number of carbonyl (C=O) groups excluding carboxylic acids is 5. The Bertz CT molecular complexity index is 2800. The van der Waals surface area contributed by atoms with Gasteiger partial charge in [-0.15, -0.1) is 0 Å². The van der Waals surface area contributed by atoms with E-state index in [0.717, 1.165) is 88.0 Å². The molecule has 2 saturated heterocycles. The van der Waals surface area contributed by atoms with Gasteiger partial charge in [0.25, 0.3) is 5.91 Å². The predicted octanol–water partition coefficient (Wildman–Crippen LogP) is 6.44. The van der Waals surface area contributed by atoms with Crippen LogP contribution in [0.3, 0.4) is 0 Å². The minimum absolute atomic E-state index is 0.0763. The Morgan fingerprint density at radius 1 is 0.920 bits per heavy atom. The second kappa shape index (κ2) is 22.3. The number of fused-ring (bicyclic) bond motifs is 7. The highest BCUT2D eigenvalue weighted by Crippen LogP contribution is 2.44. The van der Waals surface area contributed by atoms with E-state index in [1.807, 2.05) is 46.0 Å².